The van der Waals surface area contributed by atoms with Gasteiger partial charge in [-0.1, -0.05) is 25.4 Å². The van der Waals surface area contributed by atoms with E-state index in [4.69, 9.17) is 11.6 Å². The van der Waals surface area contributed by atoms with Gasteiger partial charge in [-0.25, -0.2) is 9.78 Å². The minimum Gasteiger partial charge on any atom is -0.322 e. The molecule has 2 heterocycles. The van der Waals surface area contributed by atoms with Crippen molar-refractivity contribution in [1.29, 1.82) is 0 Å². The molecule has 11 heteroatoms. The van der Waals surface area contributed by atoms with Crippen LogP contribution >= 0.6 is 11.6 Å². The molecule has 4 rings (SSSR count). The van der Waals surface area contributed by atoms with Crippen LogP contribution in [0.1, 0.15) is 54.2 Å². The van der Waals surface area contributed by atoms with Gasteiger partial charge in [0, 0.05) is 23.8 Å². The first-order chi connectivity index (χ1) is 15.5. The van der Waals surface area contributed by atoms with Gasteiger partial charge in [0.2, 0.25) is 0 Å². The highest BCUT2D eigenvalue weighted by molar-refractivity contribution is 6.31. The number of fused-ring (bicyclic) bond motifs is 1. The van der Waals surface area contributed by atoms with Crippen molar-refractivity contribution in [3.05, 3.63) is 66.9 Å². The zero-order valence-electron chi connectivity index (χ0n) is 17.7. The highest BCUT2D eigenvalue weighted by Gasteiger charge is 2.34. The molecule has 0 bridgehead atoms. The number of H-pyrrole nitrogens is 1. The summed E-state index contributed by atoms with van der Waals surface area (Å²) in [6, 6.07) is 4.46. The number of nitrogens with zero attached hydrogens (tertiary/aromatic N) is 2. The molecule has 1 fully saturated rings. The van der Waals surface area contributed by atoms with Crippen molar-refractivity contribution < 1.29 is 18.0 Å². The molecular formula is C22H20ClF3N4O3. The van der Waals surface area contributed by atoms with Crippen LogP contribution in [0.3, 0.4) is 0 Å². The van der Waals surface area contributed by atoms with Gasteiger partial charge in [0.1, 0.15) is 0 Å². The number of aromatic amines is 1. The smallest absolute Gasteiger partial charge is 0.322 e. The van der Waals surface area contributed by atoms with Crippen molar-refractivity contribution in [3.8, 4) is 0 Å². The SMILES string of the molecule is CC(C)Cn1c(=O)[nH]c(=O)c2c(C(=O)Nc3ccc(Cl)c(C(F)(F)F)c3)cc(C3CC3)nc21. The Bertz CT molecular complexity index is 1370. The second-order valence-electron chi connectivity index (χ2n) is 8.48. The molecule has 1 amide bonds. The molecule has 1 aromatic carbocycles. The number of amides is 1. The molecular weight excluding hydrogens is 461 g/mol. The van der Waals surface area contributed by atoms with Crippen molar-refractivity contribution in [1.82, 2.24) is 14.5 Å². The molecule has 0 aliphatic heterocycles. The number of nitrogens with one attached hydrogen (secondary N) is 2. The zero-order valence-corrected chi connectivity index (χ0v) is 18.5. The average molecular weight is 481 g/mol. The van der Waals surface area contributed by atoms with Gasteiger partial charge < -0.3 is 5.32 Å². The van der Waals surface area contributed by atoms with Crippen LogP contribution in [0.25, 0.3) is 11.0 Å². The summed E-state index contributed by atoms with van der Waals surface area (Å²) in [5, 5.41) is 1.82. The van der Waals surface area contributed by atoms with E-state index in [2.05, 4.69) is 15.3 Å². The number of carbonyl (C=O) groups is 1. The normalized spacial score (nSPS) is 14.2. The largest absolute Gasteiger partial charge is 0.417 e. The van der Waals surface area contributed by atoms with Crippen LogP contribution in [0.2, 0.25) is 5.02 Å². The first kappa shape index (κ1) is 23.0. The Morgan fingerprint density at radius 3 is 2.58 bits per heavy atom. The molecule has 2 N–H and O–H groups in total. The number of carbonyl (C=O) groups excluding carboxylic acids is 1. The van der Waals surface area contributed by atoms with E-state index in [0.717, 1.165) is 25.0 Å². The molecule has 1 aliphatic rings. The molecule has 0 radical (unpaired) electrons. The molecule has 0 unspecified atom stereocenters. The summed E-state index contributed by atoms with van der Waals surface area (Å²) in [6.45, 7) is 4.04. The predicted molar refractivity (Wildman–Crippen MR) is 118 cm³/mol. The predicted octanol–water partition coefficient (Wildman–Crippen LogP) is 4.54. The van der Waals surface area contributed by atoms with Crippen molar-refractivity contribution >= 4 is 34.2 Å². The minimum atomic E-state index is -4.70. The van der Waals surface area contributed by atoms with E-state index in [0.29, 0.717) is 5.69 Å². The summed E-state index contributed by atoms with van der Waals surface area (Å²) < 4.78 is 40.9. The average Bonchev–Trinajstić information content (AvgIpc) is 3.56. The molecule has 2 aromatic heterocycles. The highest BCUT2D eigenvalue weighted by Crippen LogP contribution is 2.40. The van der Waals surface area contributed by atoms with Gasteiger partial charge >= 0.3 is 11.9 Å². The summed E-state index contributed by atoms with van der Waals surface area (Å²) in [6.07, 6.45) is -3.00. The Morgan fingerprint density at radius 1 is 1.27 bits per heavy atom. The molecule has 0 atom stereocenters. The van der Waals surface area contributed by atoms with Gasteiger partial charge in [0.25, 0.3) is 11.5 Å². The van der Waals surface area contributed by atoms with Crippen LogP contribution in [0.4, 0.5) is 18.9 Å². The maximum absolute atomic E-state index is 13.2. The topological polar surface area (TPSA) is 96.9 Å². The molecule has 7 nitrogen and oxygen atoms in total. The monoisotopic (exact) mass is 480 g/mol. The Kier molecular flexibility index (Phi) is 5.81. The third kappa shape index (κ3) is 4.66. The summed E-state index contributed by atoms with van der Waals surface area (Å²) in [7, 11) is 0. The third-order valence-electron chi connectivity index (χ3n) is 5.29. The zero-order chi connectivity index (χ0) is 24.1. The number of halogens is 4. The van der Waals surface area contributed by atoms with Gasteiger partial charge in [-0.2, -0.15) is 13.2 Å². The highest BCUT2D eigenvalue weighted by atomic mass is 35.5. The van der Waals surface area contributed by atoms with Crippen LogP contribution in [0.15, 0.2) is 33.9 Å². The molecule has 33 heavy (non-hydrogen) atoms. The van der Waals surface area contributed by atoms with Crippen molar-refractivity contribution in [2.24, 2.45) is 5.92 Å². The first-order valence-corrected chi connectivity index (χ1v) is 10.7. The maximum atomic E-state index is 13.2. The van der Waals surface area contributed by atoms with E-state index in [1.807, 2.05) is 13.8 Å². The number of hydrogen-bond acceptors (Lipinski definition) is 4. The lowest BCUT2D eigenvalue weighted by atomic mass is 10.1. The van der Waals surface area contributed by atoms with Crippen LogP contribution in [0.5, 0.6) is 0 Å². The Labute approximate surface area is 190 Å². The molecule has 174 valence electrons. The van der Waals surface area contributed by atoms with Gasteiger partial charge in [-0.3, -0.25) is 19.1 Å². The maximum Gasteiger partial charge on any atom is 0.417 e. The first-order valence-electron chi connectivity index (χ1n) is 10.3. The standard InChI is InChI=1S/C22H20ClF3N4O3/c1-10(2)9-30-18-17(20(32)29-21(30)33)13(8-16(28-18)11-3-4-11)19(31)27-12-5-6-15(23)14(7-12)22(24,25)26/h5-8,10-11H,3-4,9H2,1-2H3,(H,27,31)(H,29,32,33). The van der Waals surface area contributed by atoms with E-state index in [1.54, 1.807) is 0 Å². The summed E-state index contributed by atoms with van der Waals surface area (Å²) >= 11 is 5.65. The Morgan fingerprint density at radius 2 is 1.97 bits per heavy atom. The van der Waals surface area contributed by atoms with E-state index < -0.39 is 33.9 Å². The van der Waals surface area contributed by atoms with Crippen molar-refractivity contribution in [3.63, 3.8) is 0 Å². The number of anilines is 1. The quantitative estimate of drug-likeness (QED) is 0.560. The lowest BCUT2D eigenvalue weighted by Gasteiger charge is -2.15. The molecule has 0 spiro atoms. The van der Waals surface area contributed by atoms with E-state index >= 15 is 0 Å². The number of aromatic nitrogens is 3. The lowest BCUT2D eigenvalue weighted by molar-refractivity contribution is -0.137. The fraction of sp³-hybridized carbons (Fsp3) is 0.364. The molecule has 1 aliphatic carbocycles. The number of hydrogen-bond donors (Lipinski definition) is 2. The van der Waals surface area contributed by atoms with Gasteiger partial charge in [-0.05, 0) is 43.0 Å². The van der Waals surface area contributed by atoms with Crippen molar-refractivity contribution in [2.45, 2.75) is 45.3 Å². The summed E-state index contributed by atoms with van der Waals surface area (Å²) in [5.74, 6) is -0.648. The lowest BCUT2D eigenvalue weighted by Crippen LogP contribution is -2.33. The number of alkyl halides is 3. The van der Waals surface area contributed by atoms with Crippen LogP contribution in [-0.4, -0.2) is 20.4 Å². The van der Waals surface area contributed by atoms with Gasteiger partial charge in [0.05, 0.1) is 21.5 Å². The van der Waals surface area contributed by atoms with E-state index in [1.165, 1.54) is 16.7 Å². The van der Waals surface area contributed by atoms with E-state index in [9.17, 15) is 27.6 Å². The minimum absolute atomic E-state index is 0.0512. The second-order valence-corrected chi connectivity index (χ2v) is 8.88. The number of benzene rings is 1. The summed E-state index contributed by atoms with van der Waals surface area (Å²) in [5.41, 5.74) is -2.08. The third-order valence-corrected chi connectivity index (χ3v) is 5.62. The molecule has 1 saturated carbocycles. The number of rotatable bonds is 5. The summed E-state index contributed by atoms with van der Waals surface area (Å²) in [4.78, 5) is 45.0. The van der Waals surface area contributed by atoms with Crippen LogP contribution in [0, 0.1) is 5.92 Å². The number of pyridine rings is 1. The second kappa shape index (κ2) is 8.33. The Balaban J connectivity index is 1.86. The van der Waals surface area contributed by atoms with Gasteiger partial charge in [-0.15, -0.1) is 0 Å². The Hall–Kier alpha value is -3.14. The fourth-order valence-corrected chi connectivity index (χ4v) is 3.84. The fourth-order valence-electron chi connectivity index (χ4n) is 3.61. The van der Waals surface area contributed by atoms with Crippen LogP contribution < -0.4 is 16.6 Å². The molecule has 3 aromatic rings. The van der Waals surface area contributed by atoms with E-state index in [-0.39, 0.29) is 40.7 Å². The van der Waals surface area contributed by atoms with Gasteiger partial charge in [0.15, 0.2) is 5.65 Å². The van der Waals surface area contributed by atoms with Crippen molar-refractivity contribution in [2.75, 3.05) is 5.32 Å². The van der Waals surface area contributed by atoms with Crippen LogP contribution in [-0.2, 0) is 12.7 Å². The molecule has 0 saturated heterocycles.